The molecule has 0 bridgehead atoms. The SMILES string of the molecule is CC(C)(C)OC(=O)N1CCN(c2ccc3ncc(/C(C=N)=C/NC4CC(CCCN)C4)nc3c2)CC1. The Bertz CT molecular complexity index is 1100. The zero-order chi connectivity index (χ0) is 25.7. The molecule has 0 unspecified atom stereocenters. The van der Waals surface area contributed by atoms with E-state index in [0.29, 0.717) is 30.4 Å². The number of hydrogen-bond acceptors (Lipinski definition) is 8. The average molecular weight is 494 g/mol. The number of hydrogen-bond donors (Lipinski definition) is 3. The summed E-state index contributed by atoms with van der Waals surface area (Å²) in [6.45, 7) is 9.08. The molecule has 2 fully saturated rings. The van der Waals surface area contributed by atoms with Crippen LogP contribution in [-0.4, -0.2) is 71.5 Å². The Morgan fingerprint density at radius 2 is 1.97 bits per heavy atom. The smallest absolute Gasteiger partial charge is 0.410 e. The molecule has 1 saturated carbocycles. The molecule has 1 aliphatic carbocycles. The lowest BCUT2D eigenvalue weighted by molar-refractivity contribution is 0.0240. The molecule has 0 atom stereocenters. The summed E-state index contributed by atoms with van der Waals surface area (Å²) in [5.74, 6) is 0.757. The van der Waals surface area contributed by atoms with E-state index in [4.69, 9.17) is 20.9 Å². The van der Waals surface area contributed by atoms with E-state index in [1.165, 1.54) is 12.6 Å². The maximum absolute atomic E-state index is 12.4. The third-order valence-electron chi connectivity index (χ3n) is 6.80. The first-order chi connectivity index (χ1) is 17.3. The molecule has 9 nitrogen and oxygen atoms in total. The van der Waals surface area contributed by atoms with Gasteiger partial charge in [0.25, 0.3) is 0 Å². The first-order valence-corrected chi connectivity index (χ1v) is 12.9. The standard InChI is InChI=1S/C27H39N7O2/c1-27(2,3)36-26(35)34-11-9-33(10-12-34)22-6-7-23-24(15-22)32-25(18-31-23)20(16-29)17-30-21-13-19(14-21)5-4-8-28/h6-7,15-19,21,29-30H,4-5,8-14,28H2,1-3H3/b20-17+,29-16?. The van der Waals surface area contributed by atoms with Gasteiger partial charge in [0.1, 0.15) is 5.60 Å². The number of piperazine rings is 1. The zero-order valence-corrected chi connectivity index (χ0v) is 21.7. The molecular weight excluding hydrogens is 454 g/mol. The summed E-state index contributed by atoms with van der Waals surface area (Å²) in [5, 5.41) is 11.4. The summed E-state index contributed by atoms with van der Waals surface area (Å²) in [7, 11) is 0. The topological polar surface area (TPSA) is 120 Å². The Balaban J connectivity index is 1.39. The molecule has 1 aliphatic heterocycles. The van der Waals surface area contributed by atoms with Crippen molar-refractivity contribution in [1.82, 2.24) is 20.2 Å². The van der Waals surface area contributed by atoms with Crippen molar-refractivity contribution in [1.29, 1.82) is 5.41 Å². The van der Waals surface area contributed by atoms with Gasteiger partial charge in [-0.2, -0.15) is 0 Å². The summed E-state index contributed by atoms with van der Waals surface area (Å²) in [4.78, 5) is 25.8. The van der Waals surface area contributed by atoms with Gasteiger partial charge in [-0.15, -0.1) is 0 Å². The van der Waals surface area contributed by atoms with E-state index in [1.54, 1.807) is 11.1 Å². The van der Waals surface area contributed by atoms with E-state index in [9.17, 15) is 4.79 Å². The van der Waals surface area contributed by atoms with Crippen molar-refractivity contribution in [2.24, 2.45) is 11.7 Å². The number of allylic oxidation sites excluding steroid dienone is 1. The molecule has 4 N–H and O–H groups in total. The number of nitrogens with one attached hydrogen (secondary N) is 2. The Morgan fingerprint density at radius 3 is 2.64 bits per heavy atom. The van der Waals surface area contributed by atoms with Crippen LogP contribution in [0.4, 0.5) is 10.5 Å². The molecule has 1 saturated heterocycles. The Kier molecular flexibility index (Phi) is 8.08. The van der Waals surface area contributed by atoms with E-state index >= 15 is 0 Å². The van der Waals surface area contributed by atoms with Gasteiger partial charge in [-0.3, -0.25) is 4.98 Å². The van der Waals surface area contributed by atoms with Gasteiger partial charge >= 0.3 is 6.09 Å². The second-order valence-electron chi connectivity index (χ2n) is 10.8. The highest BCUT2D eigenvalue weighted by atomic mass is 16.6. The monoisotopic (exact) mass is 493 g/mol. The molecule has 2 aliphatic rings. The number of nitrogens with two attached hydrogens (primary N) is 1. The minimum absolute atomic E-state index is 0.260. The summed E-state index contributed by atoms with van der Waals surface area (Å²) < 4.78 is 5.51. The van der Waals surface area contributed by atoms with Gasteiger partial charge < -0.3 is 31.0 Å². The fraction of sp³-hybridized carbons (Fsp3) is 0.556. The number of fused-ring (bicyclic) bond motifs is 1. The first-order valence-electron chi connectivity index (χ1n) is 12.9. The number of carbonyl (C=O) groups is 1. The Hall–Kier alpha value is -3.20. The summed E-state index contributed by atoms with van der Waals surface area (Å²) >= 11 is 0. The summed E-state index contributed by atoms with van der Waals surface area (Å²) in [6.07, 6.45) is 9.27. The van der Waals surface area contributed by atoms with Crippen molar-refractivity contribution in [3.05, 3.63) is 36.3 Å². The molecule has 1 amide bonds. The fourth-order valence-electron chi connectivity index (χ4n) is 4.72. The first kappa shape index (κ1) is 25.9. The lowest BCUT2D eigenvalue weighted by atomic mass is 9.77. The van der Waals surface area contributed by atoms with E-state index in [0.717, 1.165) is 61.5 Å². The van der Waals surface area contributed by atoms with Crippen LogP contribution in [-0.2, 0) is 4.74 Å². The molecule has 4 rings (SSSR count). The zero-order valence-electron chi connectivity index (χ0n) is 21.7. The molecular formula is C27H39N7O2. The Labute approximate surface area is 213 Å². The number of ether oxygens (including phenoxy) is 1. The van der Waals surface area contributed by atoms with Crippen molar-refractivity contribution in [2.45, 2.75) is 58.1 Å². The lowest BCUT2D eigenvalue weighted by Crippen LogP contribution is -2.50. The van der Waals surface area contributed by atoms with Crippen LogP contribution < -0.4 is 16.0 Å². The molecule has 2 heterocycles. The quantitative estimate of drug-likeness (QED) is 0.479. The van der Waals surface area contributed by atoms with Crippen LogP contribution in [0, 0.1) is 11.3 Å². The Morgan fingerprint density at radius 1 is 1.22 bits per heavy atom. The maximum Gasteiger partial charge on any atom is 0.410 e. The minimum Gasteiger partial charge on any atom is -0.444 e. The van der Waals surface area contributed by atoms with Gasteiger partial charge in [0.2, 0.25) is 0 Å². The fourth-order valence-corrected chi connectivity index (χ4v) is 4.72. The highest BCUT2D eigenvalue weighted by molar-refractivity contribution is 6.07. The maximum atomic E-state index is 12.4. The lowest BCUT2D eigenvalue weighted by Gasteiger charge is -2.36. The van der Waals surface area contributed by atoms with Gasteiger partial charge in [-0.1, -0.05) is 0 Å². The van der Waals surface area contributed by atoms with E-state index < -0.39 is 5.60 Å². The molecule has 2 aromatic rings. The van der Waals surface area contributed by atoms with Crippen molar-refractivity contribution < 1.29 is 9.53 Å². The van der Waals surface area contributed by atoms with Crippen LogP contribution in [0.3, 0.4) is 0 Å². The second-order valence-corrected chi connectivity index (χ2v) is 10.8. The van der Waals surface area contributed by atoms with Crippen LogP contribution >= 0.6 is 0 Å². The molecule has 9 heteroatoms. The molecule has 0 spiro atoms. The number of nitrogens with zero attached hydrogens (tertiary/aromatic N) is 4. The second kappa shape index (κ2) is 11.2. The van der Waals surface area contributed by atoms with Crippen molar-refractivity contribution in [3.63, 3.8) is 0 Å². The van der Waals surface area contributed by atoms with Crippen LogP contribution in [0.25, 0.3) is 16.6 Å². The number of anilines is 1. The number of rotatable bonds is 8. The molecule has 36 heavy (non-hydrogen) atoms. The number of carbonyl (C=O) groups excluding carboxylic acids is 1. The van der Waals surface area contributed by atoms with E-state index in [2.05, 4.69) is 15.2 Å². The van der Waals surface area contributed by atoms with Gasteiger partial charge in [0, 0.05) is 55.9 Å². The summed E-state index contributed by atoms with van der Waals surface area (Å²) in [6, 6.07) is 6.51. The van der Waals surface area contributed by atoms with Gasteiger partial charge in [-0.05, 0) is 77.1 Å². The predicted octanol–water partition coefficient (Wildman–Crippen LogP) is 3.78. The molecule has 0 radical (unpaired) electrons. The number of aromatic nitrogens is 2. The number of amides is 1. The molecule has 1 aromatic heterocycles. The van der Waals surface area contributed by atoms with E-state index in [1.807, 2.05) is 45.2 Å². The highest BCUT2D eigenvalue weighted by Crippen LogP contribution is 2.31. The normalized spacial score (nSPS) is 20.7. The van der Waals surface area contributed by atoms with Crippen LogP contribution in [0.15, 0.2) is 30.6 Å². The predicted molar refractivity (Wildman–Crippen MR) is 144 cm³/mol. The van der Waals surface area contributed by atoms with Crippen LogP contribution in [0.1, 0.15) is 52.1 Å². The van der Waals surface area contributed by atoms with Crippen LogP contribution in [0.2, 0.25) is 0 Å². The van der Waals surface area contributed by atoms with Crippen molar-refractivity contribution >= 4 is 34.6 Å². The van der Waals surface area contributed by atoms with Gasteiger partial charge in [0.05, 0.1) is 22.9 Å². The van der Waals surface area contributed by atoms with E-state index in [-0.39, 0.29) is 6.09 Å². The largest absolute Gasteiger partial charge is 0.444 e. The molecule has 1 aromatic carbocycles. The third-order valence-corrected chi connectivity index (χ3v) is 6.80. The molecule has 194 valence electrons. The third kappa shape index (κ3) is 6.51. The average Bonchev–Trinajstić information content (AvgIpc) is 2.83. The van der Waals surface area contributed by atoms with Crippen LogP contribution in [0.5, 0.6) is 0 Å². The highest BCUT2D eigenvalue weighted by Gasteiger charge is 2.28. The number of benzene rings is 1. The minimum atomic E-state index is -0.493. The van der Waals surface area contributed by atoms with Crippen molar-refractivity contribution in [3.8, 4) is 0 Å². The van der Waals surface area contributed by atoms with Gasteiger partial charge in [-0.25, -0.2) is 9.78 Å². The summed E-state index contributed by atoms with van der Waals surface area (Å²) in [5.41, 5.74) is 9.16. The van der Waals surface area contributed by atoms with Gasteiger partial charge in [0.15, 0.2) is 0 Å². The van der Waals surface area contributed by atoms with Crippen molar-refractivity contribution in [2.75, 3.05) is 37.6 Å².